The number of para-hydroxylation sites is 2. The van der Waals surface area contributed by atoms with E-state index < -0.39 is 0 Å². The Morgan fingerprint density at radius 3 is 1.60 bits per heavy atom. The molecule has 0 spiro atoms. The van der Waals surface area contributed by atoms with Crippen LogP contribution in [-0.2, 0) is 16.2 Å². The van der Waals surface area contributed by atoms with Crippen LogP contribution in [0.2, 0.25) is 0 Å². The maximum absolute atomic E-state index is 2.59. The van der Waals surface area contributed by atoms with Gasteiger partial charge in [0.25, 0.3) is 0 Å². The van der Waals surface area contributed by atoms with E-state index in [2.05, 4.69) is 169 Å². The molecule has 228 valence electrons. The lowest BCUT2D eigenvalue weighted by Crippen LogP contribution is -2.34. The Hall–Kier alpha value is -4.10. The first-order chi connectivity index (χ1) is 21.4. The van der Waals surface area contributed by atoms with E-state index >= 15 is 0 Å². The highest BCUT2D eigenvalue weighted by atomic mass is 15.1. The van der Waals surface area contributed by atoms with Crippen LogP contribution in [0.25, 0.3) is 22.3 Å². The number of benzene rings is 5. The van der Waals surface area contributed by atoms with Crippen molar-refractivity contribution in [3.8, 4) is 22.3 Å². The zero-order valence-corrected chi connectivity index (χ0v) is 28.3. The molecule has 1 nitrogen and oxygen atoms in total. The van der Waals surface area contributed by atoms with E-state index in [0.29, 0.717) is 5.92 Å². The van der Waals surface area contributed by atoms with Crippen LogP contribution in [0.5, 0.6) is 0 Å². The molecule has 1 heteroatoms. The summed E-state index contributed by atoms with van der Waals surface area (Å²) >= 11 is 0. The third-order valence-electron chi connectivity index (χ3n) is 10.9. The second-order valence-corrected chi connectivity index (χ2v) is 15.5. The number of hydrogen-bond donors (Lipinski definition) is 0. The van der Waals surface area contributed by atoms with Gasteiger partial charge < -0.3 is 4.90 Å². The van der Waals surface area contributed by atoms with Gasteiger partial charge >= 0.3 is 0 Å². The Morgan fingerprint density at radius 2 is 1.02 bits per heavy atom. The molecule has 5 aromatic rings. The van der Waals surface area contributed by atoms with Crippen molar-refractivity contribution in [1.82, 2.24) is 0 Å². The van der Waals surface area contributed by atoms with E-state index in [1.54, 1.807) is 0 Å². The first-order valence-electron chi connectivity index (χ1n) is 16.8. The molecule has 5 aromatic carbocycles. The van der Waals surface area contributed by atoms with E-state index in [0.717, 1.165) is 0 Å². The molecule has 0 unspecified atom stereocenters. The minimum absolute atomic E-state index is 0.0962. The summed E-state index contributed by atoms with van der Waals surface area (Å²) in [5.41, 5.74) is 16.4. The third kappa shape index (κ3) is 4.75. The Labute approximate surface area is 271 Å². The minimum atomic E-state index is -0.0962. The summed E-state index contributed by atoms with van der Waals surface area (Å²) < 4.78 is 0. The smallest absolute Gasteiger partial charge is 0.0543 e. The Bertz CT molecular complexity index is 1850. The second kappa shape index (κ2) is 10.5. The average molecular weight is 590 g/mol. The number of hydrogen-bond acceptors (Lipinski definition) is 1. The molecule has 0 saturated carbocycles. The Morgan fingerprint density at radius 1 is 0.489 bits per heavy atom. The lowest BCUT2D eigenvalue weighted by Gasteiger charge is -2.43. The molecule has 0 heterocycles. The molecule has 0 fully saturated rings. The summed E-state index contributed by atoms with van der Waals surface area (Å²) in [6.07, 6.45) is 2.42. The topological polar surface area (TPSA) is 3.24 Å². The summed E-state index contributed by atoms with van der Waals surface area (Å²) in [5.74, 6) is 0.387. The monoisotopic (exact) mass is 589 g/mol. The normalized spacial score (nSPS) is 17.0. The van der Waals surface area contributed by atoms with Gasteiger partial charge in [0.15, 0.2) is 0 Å². The Balaban J connectivity index is 1.61. The molecule has 2 aliphatic carbocycles. The first-order valence-corrected chi connectivity index (χ1v) is 16.8. The van der Waals surface area contributed by atoms with E-state index in [4.69, 9.17) is 0 Å². The van der Waals surface area contributed by atoms with Crippen LogP contribution in [-0.4, -0.2) is 0 Å². The van der Waals surface area contributed by atoms with Crippen LogP contribution in [0, 0.1) is 0 Å². The van der Waals surface area contributed by atoms with Gasteiger partial charge in [0.1, 0.15) is 0 Å². The van der Waals surface area contributed by atoms with Gasteiger partial charge in [-0.25, -0.2) is 0 Å². The van der Waals surface area contributed by atoms with Crippen molar-refractivity contribution in [2.45, 2.75) is 90.4 Å². The summed E-state index contributed by atoms with van der Waals surface area (Å²) in [4.78, 5) is 2.48. The summed E-state index contributed by atoms with van der Waals surface area (Å²) in [6, 6.07) is 41.1. The Kier molecular flexibility index (Phi) is 6.89. The predicted octanol–water partition coefficient (Wildman–Crippen LogP) is 12.6. The van der Waals surface area contributed by atoms with Gasteiger partial charge in [0, 0.05) is 22.4 Å². The van der Waals surface area contributed by atoms with Crippen molar-refractivity contribution in [2.75, 3.05) is 4.90 Å². The largest absolute Gasteiger partial charge is 0.310 e. The van der Waals surface area contributed by atoms with Gasteiger partial charge in [-0.05, 0) is 117 Å². The fourth-order valence-corrected chi connectivity index (χ4v) is 8.06. The highest BCUT2D eigenvalue weighted by Crippen LogP contribution is 2.55. The summed E-state index contributed by atoms with van der Waals surface area (Å²) in [6.45, 7) is 19.3. The maximum atomic E-state index is 2.59. The molecular formula is C44H47N. The van der Waals surface area contributed by atoms with Crippen LogP contribution in [0.15, 0.2) is 109 Å². The van der Waals surface area contributed by atoms with Gasteiger partial charge in [-0.2, -0.15) is 0 Å². The zero-order chi connectivity index (χ0) is 31.7. The number of nitrogens with zero attached hydrogens (tertiary/aromatic N) is 1. The summed E-state index contributed by atoms with van der Waals surface area (Å²) in [5, 5.41) is 0. The molecule has 0 aromatic heterocycles. The van der Waals surface area contributed by atoms with E-state index in [9.17, 15) is 0 Å². The fraction of sp³-hybridized carbons (Fsp3) is 0.318. The standard InChI is InChI=1S/C44H47N/c1-29(2)33-26-39-40(43(5,6)24-23-42(39,3)4)27-34(33)36-25-35-32-21-15-16-22-37(32)44(7,8)38(35)28-41(36)45(30-17-11-9-12-18-30)31-19-13-10-14-20-31/h9-22,25-29H,23-24H2,1-8H3. The first kappa shape index (κ1) is 29.6. The van der Waals surface area contributed by atoms with Crippen molar-refractivity contribution in [2.24, 2.45) is 0 Å². The van der Waals surface area contributed by atoms with Crippen molar-refractivity contribution >= 4 is 17.1 Å². The SMILES string of the molecule is CC(C)c1cc2c(cc1-c1cc3c(cc1N(c1ccccc1)c1ccccc1)C(C)(C)c1ccccc1-3)C(C)(C)CCC2(C)C. The van der Waals surface area contributed by atoms with Gasteiger partial charge in [0.2, 0.25) is 0 Å². The second-order valence-electron chi connectivity index (χ2n) is 15.5. The zero-order valence-electron chi connectivity index (χ0n) is 28.3. The molecule has 0 N–H and O–H groups in total. The quantitative estimate of drug-likeness (QED) is 0.197. The highest BCUT2D eigenvalue weighted by Gasteiger charge is 2.40. The van der Waals surface area contributed by atoms with E-state index in [1.165, 1.54) is 80.0 Å². The van der Waals surface area contributed by atoms with Gasteiger partial charge in [-0.15, -0.1) is 0 Å². The van der Waals surface area contributed by atoms with E-state index in [1.807, 2.05) is 0 Å². The molecule has 0 amide bonds. The van der Waals surface area contributed by atoms with Crippen molar-refractivity contribution in [3.05, 3.63) is 137 Å². The predicted molar refractivity (Wildman–Crippen MR) is 193 cm³/mol. The van der Waals surface area contributed by atoms with Crippen LogP contribution in [0.4, 0.5) is 17.1 Å². The molecule has 7 rings (SSSR count). The van der Waals surface area contributed by atoms with E-state index in [-0.39, 0.29) is 16.2 Å². The van der Waals surface area contributed by atoms with Crippen molar-refractivity contribution in [1.29, 1.82) is 0 Å². The molecule has 0 atom stereocenters. The van der Waals surface area contributed by atoms with Crippen molar-refractivity contribution in [3.63, 3.8) is 0 Å². The van der Waals surface area contributed by atoms with Gasteiger partial charge in [0.05, 0.1) is 5.69 Å². The van der Waals surface area contributed by atoms with Gasteiger partial charge in [-0.1, -0.05) is 122 Å². The molecule has 0 saturated heterocycles. The molecular weight excluding hydrogens is 542 g/mol. The molecule has 0 radical (unpaired) electrons. The minimum Gasteiger partial charge on any atom is -0.310 e. The number of fused-ring (bicyclic) bond motifs is 4. The maximum Gasteiger partial charge on any atom is 0.0543 e. The van der Waals surface area contributed by atoms with Crippen LogP contribution < -0.4 is 4.90 Å². The molecule has 0 bridgehead atoms. The fourth-order valence-electron chi connectivity index (χ4n) is 8.06. The molecule has 45 heavy (non-hydrogen) atoms. The lowest BCUT2D eigenvalue weighted by molar-refractivity contribution is 0.331. The number of anilines is 3. The highest BCUT2D eigenvalue weighted by molar-refractivity contribution is 5.95. The molecule has 2 aliphatic rings. The van der Waals surface area contributed by atoms with Crippen LogP contribution in [0.3, 0.4) is 0 Å². The van der Waals surface area contributed by atoms with Crippen molar-refractivity contribution < 1.29 is 0 Å². The summed E-state index contributed by atoms with van der Waals surface area (Å²) in [7, 11) is 0. The number of rotatable bonds is 5. The van der Waals surface area contributed by atoms with Gasteiger partial charge in [-0.3, -0.25) is 0 Å². The third-order valence-corrected chi connectivity index (χ3v) is 10.9. The van der Waals surface area contributed by atoms with Crippen LogP contribution in [0.1, 0.15) is 102 Å². The lowest BCUT2D eigenvalue weighted by atomic mass is 9.62. The van der Waals surface area contributed by atoms with Crippen LogP contribution >= 0.6 is 0 Å². The average Bonchev–Trinajstić information content (AvgIpc) is 3.25. The molecule has 0 aliphatic heterocycles.